The van der Waals surface area contributed by atoms with Gasteiger partial charge in [-0.15, -0.1) is 11.8 Å². The van der Waals surface area contributed by atoms with E-state index in [1.807, 2.05) is 19.9 Å². The number of nitrogens with one attached hydrogen (secondary N) is 1. The molecule has 0 saturated carbocycles. The first kappa shape index (κ1) is 12.3. The van der Waals surface area contributed by atoms with Crippen LogP contribution in [0.5, 0.6) is 0 Å². The van der Waals surface area contributed by atoms with E-state index in [9.17, 15) is 4.79 Å². The van der Waals surface area contributed by atoms with Gasteiger partial charge >= 0.3 is 0 Å². The summed E-state index contributed by atoms with van der Waals surface area (Å²) in [7, 11) is 0. The largest absolute Gasteiger partial charge is 0.273 e. The molecule has 74 valence electrons. The number of nitrogens with zero attached hydrogens (tertiary/aromatic N) is 1. The van der Waals surface area contributed by atoms with Crippen molar-refractivity contribution in [1.29, 1.82) is 5.26 Å². The van der Waals surface area contributed by atoms with E-state index in [1.165, 1.54) is 11.8 Å². The molecule has 0 aromatic carbocycles. The Hall–Kier alpha value is -0.730. The summed E-state index contributed by atoms with van der Waals surface area (Å²) in [4.78, 5) is 15.8. The molecule has 0 aliphatic carbocycles. The van der Waals surface area contributed by atoms with Crippen LogP contribution in [-0.4, -0.2) is 24.0 Å². The van der Waals surface area contributed by atoms with Gasteiger partial charge in [0.1, 0.15) is 0 Å². The average molecular weight is 202 g/mol. The van der Waals surface area contributed by atoms with Gasteiger partial charge in [0.15, 0.2) is 0 Å². The maximum absolute atomic E-state index is 10.9. The second kappa shape index (κ2) is 7.90. The molecule has 5 heteroatoms. The third-order valence-electron chi connectivity index (χ3n) is 1.00. The van der Waals surface area contributed by atoms with Gasteiger partial charge in [-0.25, -0.2) is 5.48 Å². The lowest BCUT2D eigenvalue weighted by molar-refractivity contribution is -0.131. The van der Waals surface area contributed by atoms with Crippen LogP contribution in [0.4, 0.5) is 0 Å². The van der Waals surface area contributed by atoms with E-state index in [1.54, 1.807) is 0 Å². The number of amides is 1. The Bertz CT molecular complexity index is 189. The molecule has 13 heavy (non-hydrogen) atoms. The van der Waals surface area contributed by atoms with Gasteiger partial charge in [-0.1, -0.05) is 13.8 Å². The first-order valence-corrected chi connectivity index (χ1v) is 5.17. The summed E-state index contributed by atoms with van der Waals surface area (Å²) in [6, 6.07) is 1.94. The van der Waals surface area contributed by atoms with E-state index in [0.29, 0.717) is 18.3 Å². The summed E-state index contributed by atoms with van der Waals surface area (Å²) in [5.41, 5.74) is 2.30. The smallest absolute Gasteiger partial charge is 0.253 e. The quantitative estimate of drug-likeness (QED) is 0.514. The average Bonchev–Trinajstić information content (AvgIpc) is 2.04. The zero-order valence-electron chi connectivity index (χ0n) is 7.87. The summed E-state index contributed by atoms with van der Waals surface area (Å²) in [5.74, 6) is 0.802. The summed E-state index contributed by atoms with van der Waals surface area (Å²) in [6.07, 6.45) is 0. The van der Waals surface area contributed by atoms with Crippen molar-refractivity contribution in [3.05, 3.63) is 0 Å². The highest BCUT2D eigenvalue weighted by molar-refractivity contribution is 8.00. The molecule has 0 heterocycles. The normalized spacial score (nSPS) is 9.69. The van der Waals surface area contributed by atoms with Crippen molar-refractivity contribution in [2.24, 2.45) is 5.92 Å². The Morgan fingerprint density at radius 2 is 2.38 bits per heavy atom. The Morgan fingerprint density at radius 1 is 1.69 bits per heavy atom. The van der Waals surface area contributed by atoms with Crippen LogP contribution in [-0.2, 0) is 9.63 Å². The lowest BCUT2D eigenvalue weighted by Crippen LogP contribution is -2.27. The van der Waals surface area contributed by atoms with Crippen molar-refractivity contribution >= 4 is 17.7 Å². The number of thioether (sulfide) groups is 1. The Kier molecular flexibility index (Phi) is 7.45. The summed E-state index contributed by atoms with van der Waals surface area (Å²) >= 11 is 1.27. The number of nitriles is 1. The highest BCUT2D eigenvalue weighted by Crippen LogP contribution is 1.97. The van der Waals surface area contributed by atoms with Crippen molar-refractivity contribution in [2.75, 3.05) is 18.1 Å². The monoisotopic (exact) mass is 202 g/mol. The Morgan fingerprint density at radius 3 is 2.92 bits per heavy atom. The molecule has 0 aliphatic heterocycles. The first-order chi connectivity index (χ1) is 6.16. The molecule has 0 aromatic heterocycles. The zero-order valence-corrected chi connectivity index (χ0v) is 8.69. The van der Waals surface area contributed by atoms with Crippen LogP contribution in [0.15, 0.2) is 0 Å². The van der Waals surface area contributed by atoms with E-state index in [4.69, 9.17) is 10.1 Å². The maximum Gasteiger partial charge on any atom is 0.253 e. The predicted molar refractivity (Wildman–Crippen MR) is 51.9 cm³/mol. The van der Waals surface area contributed by atoms with Gasteiger partial charge in [0, 0.05) is 0 Å². The molecule has 0 rings (SSSR count). The fourth-order valence-corrected chi connectivity index (χ4v) is 0.945. The molecule has 0 unspecified atom stereocenters. The van der Waals surface area contributed by atoms with Crippen LogP contribution < -0.4 is 5.48 Å². The van der Waals surface area contributed by atoms with Gasteiger partial charge in [0.05, 0.1) is 24.2 Å². The fourth-order valence-electron chi connectivity index (χ4n) is 0.508. The van der Waals surface area contributed by atoms with Gasteiger partial charge in [-0.05, 0) is 5.92 Å². The van der Waals surface area contributed by atoms with Crippen molar-refractivity contribution in [3.8, 4) is 6.07 Å². The molecule has 1 N–H and O–H groups in total. The second-order valence-corrected chi connectivity index (χ2v) is 3.87. The van der Waals surface area contributed by atoms with Crippen LogP contribution in [0.25, 0.3) is 0 Å². The topological polar surface area (TPSA) is 62.1 Å². The van der Waals surface area contributed by atoms with E-state index < -0.39 is 0 Å². The van der Waals surface area contributed by atoms with Crippen LogP contribution in [0.3, 0.4) is 0 Å². The molecule has 0 fully saturated rings. The highest BCUT2D eigenvalue weighted by Gasteiger charge is 2.01. The lowest BCUT2D eigenvalue weighted by atomic mass is 10.2. The molecule has 0 aromatic rings. The lowest BCUT2D eigenvalue weighted by Gasteiger charge is -2.06. The van der Waals surface area contributed by atoms with Gasteiger partial charge in [-0.2, -0.15) is 5.26 Å². The third-order valence-corrected chi connectivity index (χ3v) is 1.80. The summed E-state index contributed by atoms with van der Waals surface area (Å²) in [5, 5.41) is 8.19. The van der Waals surface area contributed by atoms with Gasteiger partial charge in [-0.3, -0.25) is 9.63 Å². The second-order valence-electron chi connectivity index (χ2n) is 2.88. The van der Waals surface area contributed by atoms with Gasteiger partial charge < -0.3 is 0 Å². The van der Waals surface area contributed by atoms with Crippen LogP contribution in [0.1, 0.15) is 13.8 Å². The van der Waals surface area contributed by atoms with E-state index in [-0.39, 0.29) is 11.7 Å². The third kappa shape index (κ3) is 9.18. The summed E-state index contributed by atoms with van der Waals surface area (Å²) < 4.78 is 0. The predicted octanol–water partition coefficient (Wildman–Crippen LogP) is 0.947. The van der Waals surface area contributed by atoms with Crippen molar-refractivity contribution in [1.82, 2.24) is 5.48 Å². The van der Waals surface area contributed by atoms with Crippen LogP contribution in [0, 0.1) is 17.2 Å². The molecule has 4 nitrogen and oxygen atoms in total. The number of hydroxylamine groups is 1. The minimum absolute atomic E-state index is 0.194. The van der Waals surface area contributed by atoms with Crippen molar-refractivity contribution < 1.29 is 9.63 Å². The molecular formula is C8H14N2O2S. The molecule has 0 bridgehead atoms. The first-order valence-electron chi connectivity index (χ1n) is 4.02. The molecule has 0 saturated heterocycles. The molecule has 0 radical (unpaired) electrons. The minimum atomic E-state index is -0.194. The fraction of sp³-hybridized carbons (Fsp3) is 0.750. The van der Waals surface area contributed by atoms with E-state index in [0.717, 1.165) is 0 Å². The number of hydrogen-bond donors (Lipinski definition) is 1. The number of rotatable bonds is 6. The minimum Gasteiger partial charge on any atom is -0.273 e. The standard InChI is InChI=1S/C8H14N2O2S/c1-7(2)5-12-10-8(11)6-13-4-3-9/h7H,4-6H2,1-2H3,(H,10,11). The van der Waals surface area contributed by atoms with E-state index in [2.05, 4.69) is 5.48 Å². The van der Waals surface area contributed by atoms with Crippen molar-refractivity contribution in [3.63, 3.8) is 0 Å². The molecule has 1 amide bonds. The highest BCUT2D eigenvalue weighted by atomic mass is 32.2. The number of carbonyl (C=O) groups is 1. The SMILES string of the molecule is CC(C)CONC(=O)CSCC#N. The zero-order chi connectivity index (χ0) is 10.1. The Balaban J connectivity index is 3.26. The molecule has 0 atom stereocenters. The van der Waals surface area contributed by atoms with Gasteiger partial charge in [0.2, 0.25) is 0 Å². The summed E-state index contributed by atoms with van der Waals surface area (Å²) in [6.45, 7) is 4.50. The van der Waals surface area contributed by atoms with Gasteiger partial charge in [0.25, 0.3) is 5.91 Å². The molecular weight excluding hydrogens is 188 g/mol. The number of carbonyl (C=O) groups excluding carboxylic acids is 1. The van der Waals surface area contributed by atoms with E-state index >= 15 is 0 Å². The Labute approximate surface area is 82.6 Å². The van der Waals surface area contributed by atoms with Crippen LogP contribution in [0.2, 0.25) is 0 Å². The number of hydrogen-bond acceptors (Lipinski definition) is 4. The molecule has 0 spiro atoms. The van der Waals surface area contributed by atoms with Crippen LogP contribution >= 0.6 is 11.8 Å². The molecule has 0 aliphatic rings. The maximum atomic E-state index is 10.9. The van der Waals surface area contributed by atoms with Crippen molar-refractivity contribution in [2.45, 2.75) is 13.8 Å².